The minimum Gasteiger partial charge on any atom is -0.0988 e. The summed E-state index contributed by atoms with van der Waals surface area (Å²) in [7, 11) is 0. The highest BCUT2D eigenvalue weighted by atomic mass is 14.0. The summed E-state index contributed by atoms with van der Waals surface area (Å²) in [5, 5.41) is 0. The van der Waals surface area contributed by atoms with Gasteiger partial charge in [-0.2, -0.15) is 0 Å². The van der Waals surface area contributed by atoms with Crippen molar-refractivity contribution in [2.75, 3.05) is 0 Å². The molecule has 0 atom stereocenters. The molecule has 0 nitrogen and oxygen atoms in total. The Morgan fingerprint density at radius 3 is 2.07 bits per heavy atom. The van der Waals surface area contributed by atoms with E-state index in [4.69, 9.17) is 0 Å². The van der Waals surface area contributed by atoms with Gasteiger partial charge in [0.25, 0.3) is 0 Å². The van der Waals surface area contributed by atoms with Crippen LogP contribution in [-0.2, 0) is 0 Å². The van der Waals surface area contributed by atoms with Crippen molar-refractivity contribution in [3.05, 3.63) is 36.0 Å². The zero-order chi connectivity index (χ0) is 11.0. The third kappa shape index (κ3) is 6.71. The minimum absolute atomic E-state index is 1.11. The summed E-state index contributed by atoms with van der Waals surface area (Å²) in [5.74, 6) is 0. The molecule has 0 unspecified atom stereocenters. The standard InChI is InChI=1S/C14H24/c1-6-13(4)10-8-7-9-11-14(5)12(2)3/h6H,1,4,7-11H2,2-3,5H3. The van der Waals surface area contributed by atoms with Gasteiger partial charge in [0.05, 0.1) is 0 Å². The van der Waals surface area contributed by atoms with E-state index in [9.17, 15) is 0 Å². The summed E-state index contributed by atoms with van der Waals surface area (Å²) in [6.45, 7) is 14.2. The fraction of sp³-hybridized carbons (Fsp3) is 0.571. The summed E-state index contributed by atoms with van der Waals surface area (Å²) in [5.41, 5.74) is 4.19. The summed E-state index contributed by atoms with van der Waals surface area (Å²) >= 11 is 0. The molecule has 0 aliphatic carbocycles. The van der Waals surface area contributed by atoms with Crippen LogP contribution in [0.15, 0.2) is 36.0 Å². The van der Waals surface area contributed by atoms with E-state index in [1.165, 1.54) is 36.8 Å². The molecule has 0 rings (SSSR count). The minimum atomic E-state index is 1.11. The topological polar surface area (TPSA) is 0 Å². The lowest BCUT2D eigenvalue weighted by molar-refractivity contribution is 0.675. The van der Waals surface area contributed by atoms with E-state index in [2.05, 4.69) is 33.9 Å². The van der Waals surface area contributed by atoms with Crippen LogP contribution in [0, 0.1) is 0 Å². The second-order valence-corrected chi connectivity index (χ2v) is 4.20. The highest BCUT2D eigenvalue weighted by molar-refractivity contribution is 5.10. The van der Waals surface area contributed by atoms with E-state index in [0.29, 0.717) is 0 Å². The Kier molecular flexibility index (Phi) is 7.18. The first-order valence-electron chi connectivity index (χ1n) is 5.51. The van der Waals surface area contributed by atoms with E-state index >= 15 is 0 Å². The van der Waals surface area contributed by atoms with Crippen LogP contribution in [0.4, 0.5) is 0 Å². The van der Waals surface area contributed by atoms with Gasteiger partial charge in [-0.3, -0.25) is 0 Å². The average molecular weight is 192 g/mol. The van der Waals surface area contributed by atoms with Crippen LogP contribution in [0.5, 0.6) is 0 Å². The second kappa shape index (κ2) is 7.61. The third-order valence-electron chi connectivity index (χ3n) is 2.69. The van der Waals surface area contributed by atoms with E-state index < -0.39 is 0 Å². The predicted molar refractivity (Wildman–Crippen MR) is 66.5 cm³/mol. The Morgan fingerprint density at radius 2 is 1.57 bits per heavy atom. The Bertz CT molecular complexity index is 214. The number of hydrogen-bond acceptors (Lipinski definition) is 0. The molecule has 0 saturated carbocycles. The third-order valence-corrected chi connectivity index (χ3v) is 2.69. The summed E-state index contributed by atoms with van der Waals surface area (Å²) in [4.78, 5) is 0. The van der Waals surface area contributed by atoms with Gasteiger partial charge >= 0.3 is 0 Å². The Hall–Kier alpha value is -0.780. The molecule has 0 aliphatic heterocycles. The first kappa shape index (κ1) is 13.2. The molecule has 14 heavy (non-hydrogen) atoms. The number of rotatable bonds is 7. The van der Waals surface area contributed by atoms with Crippen molar-refractivity contribution < 1.29 is 0 Å². The van der Waals surface area contributed by atoms with Crippen LogP contribution in [0.2, 0.25) is 0 Å². The van der Waals surface area contributed by atoms with Crippen LogP contribution in [0.3, 0.4) is 0 Å². The van der Waals surface area contributed by atoms with Gasteiger partial charge in [-0.1, -0.05) is 42.4 Å². The maximum atomic E-state index is 3.91. The van der Waals surface area contributed by atoms with Gasteiger partial charge in [-0.05, 0) is 46.5 Å². The molecule has 0 aromatic carbocycles. The monoisotopic (exact) mass is 192 g/mol. The molecule has 0 radical (unpaired) electrons. The highest BCUT2D eigenvalue weighted by Gasteiger charge is 1.94. The molecule has 0 amide bonds. The Morgan fingerprint density at radius 1 is 1.00 bits per heavy atom. The quantitative estimate of drug-likeness (QED) is 0.301. The van der Waals surface area contributed by atoms with Crippen LogP contribution >= 0.6 is 0 Å². The van der Waals surface area contributed by atoms with Crippen molar-refractivity contribution in [2.24, 2.45) is 0 Å². The van der Waals surface area contributed by atoms with Gasteiger partial charge in [0.15, 0.2) is 0 Å². The van der Waals surface area contributed by atoms with E-state index in [1.54, 1.807) is 5.57 Å². The van der Waals surface area contributed by atoms with Crippen LogP contribution in [-0.4, -0.2) is 0 Å². The first-order chi connectivity index (χ1) is 6.57. The van der Waals surface area contributed by atoms with Gasteiger partial charge in [0, 0.05) is 0 Å². The zero-order valence-electron chi connectivity index (χ0n) is 10.0. The van der Waals surface area contributed by atoms with Gasteiger partial charge < -0.3 is 0 Å². The zero-order valence-corrected chi connectivity index (χ0v) is 10.0. The van der Waals surface area contributed by atoms with E-state index in [-0.39, 0.29) is 0 Å². The van der Waals surface area contributed by atoms with Crippen molar-refractivity contribution >= 4 is 0 Å². The van der Waals surface area contributed by atoms with Crippen molar-refractivity contribution in [3.8, 4) is 0 Å². The molecule has 0 aromatic rings. The molecule has 0 bridgehead atoms. The molecule has 0 spiro atoms. The van der Waals surface area contributed by atoms with Gasteiger partial charge in [-0.15, -0.1) is 0 Å². The lowest BCUT2D eigenvalue weighted by Crippen LogP contribution is -1.84. The summed E-state index contributed by atoms with van der Waals surface area (Å²) in [6, 6.07) is 0. The van der Waals surface area contributed by atoms with Crippen molar-refractivity contribution in [1.82, 2.24) is 0 Å². The normalized spacial score (nSPS) is 9.64. The molecule has 0 aromatic heterocycles. The molecule has 0 N–H and O–H groups in total. The smallest absolute Gasteiger partial charge is 0.0285 e. The van der Waals surface area contributed by atoms with Gasteiger partial charge in [-0.25, -0.2) is 0 Å². The first-order valence-corrected chi connectivity index (χ1v) is 5.51. The summed E-state index contributed by atoms with van der Waals surface area (Å²) < 4.78 is 0. The lowest BCUT2D eigenvalue weighted by atomic mass is 10.0. The maximum absolute atomic E-state index is 3.91. The largest absolute Gasteiger partial charge is 0.0988 e. The van der Waals surface area contributed by atoms with Gasteiger partial charge in [0.1, 0.15) is 0 Å². The van der Waals surface area contributed by atoms with E-state index in [1.807, 2.05) is 6.08 Å². The molecule has 0 aliphatic rings. The van der Waals surface area contributed by atoms with Crippen molar-refractivity contribution in [1.29, 1.82) is 0 Å². The van der Waals surface area contributed by atoms with Crippen LogP contribution < -0.4 is 0 Å². The highest BCUT2D eigenvalue weighted by Crippen LogP contribution is 2.14. The number of hydrogen-bond donors (Lipinski definition) is 0. The second-order valence-electron chi connectivity index (χ2n) is 4.20. The maximum Gasteiger partial charge on any atom is -0.0285 e. The van der Waals surface area contributed by atoms with Crippen LogP contribution in [0.25, 0.3) is 0 Å². The van der Waals surface area contributed by atoms with Crippen molar-refractivity contribution in [2.45, 2.75) is 52.9 Å². The molecule has 0 heterocycles. The predicted octanol–water partition coefficient (Wildman–Crippen LogP) is 5.04. The molecular formula is C14H24. The van der Waals surface area contributed by atoms with E-state index in [0.717, 1.165) is 6.42 Å². The molecule has 80 valence electrons. The molecule has 0 saturated heterocycles. The Balaban J connectivity index is 3.44. The lowest BCUT2D eigenvalue weighted by Gasteiger charge is -2.04. The number of allylic oxidation sites excluding steroid dienone is 4. The summed E-state index contributed by atoms with van der Waals surface area (Å²) in [6.07, 6.45) is 8.08. The SMILES string of the molecule is C=CC(=C)CCCCCC(C)=C(C)C. The van der Waals surface area contributed by atoms with Crippen LogP contribution in [0.1, 0.15) is 52.9 Å². The molecular weight excluding hydrogens is 168 g/mol. The number of unbranched alkanes of at least 4 members (excludes halogenated alkanes) is 2. The fourth-order valence-electron chi connectivity index (χ4n) is 1.27. The molecule has 0 heteroatoms. The van der Waals surface area contributed by atoms with Crippen molar-refractivity contribution in [3.63, 3.8) is 0 Å². The average Bonchev–Trinajstić information content (AvgIpc) is 2.16. The molecule has 0 fully saturated rings. The Labute approximate surface area is 89.4 Å². The fourth-order valence-corrected chi connectivity index (χ4v) is 1.27. The van der Waals surface area contributed by atoms with Gasteiger partial charge in [0.2, 0.25) is 0 Å².